The summed E-state index contributed by atoms with van der Waals surface area (Å²) in [4.78, 5) is 34.1. The van der Waals surface area contributed by atoms with Gasteiger partial charge < -0.3 is 10.2 Å². The third-order valence-electron chi connectivity index (χ3n) is 6.04. The number of aromatic nitrogens is 1. The molecule has 6 nitrogen and oxygen atoms in total. The minimum Gasteiger partial charge on any atom is -0.326 e. The number of urea groups is 1. The Hall–Kier alpha value is -4.19. The molecule has 0 aliphatic carbocycles. The maximum absolute atomic E-state index is 13.3. The number of para-hydroxylation sites is 1. The van der Waals surface area contributed by atoms with Gasteiger partial charge in [-0.3, -0.25) is 14.7 Å². The molecule has 1 aliphatic rings. The molecule has 1 fully saturated rings. The van der Waals surface area contributed by atoms with Crippen LogP contribution in [0.2, 0.25) is 0 Å². The molecule has 1 aromatic heterocycles. The molecule has 6 heteroatoms. The van der Waals surface area contributed by atoms with Crippen LogP contribution in [0.25, 0.3) is 22.0 Å². The van der Waals surface area contributed by atoms with E-state index in [2.05, 4.69) is 10.3 Å². The third kappa shape index (κ3) is 3.69. The number of carbonyl (C=O) groups is 2. The second kappa shape index (κ2) is 8.39. The van der Waals surface area contributed by atoms with Crippen LogP contribution in [0, 0.1) is 6.92 Å². The monoisotopic (exact) mass is 436 g/mol. The summed E-state index contributed by atoms with van der Waals surface area (Å²) < 4.78 is 0. The molecule has 3 amide bonds. The second-order valence-electron chi connectivity index (χ2n) is 8.21. The summed E-state index contributed by atoms with van der Waals surface area (Å²) >= 11 is 0. The molecule has 3 aromatic carbocycles. The first-order valence-electron chi connectivity index (χ1n) is 10.9. The fourth-order valence-corrected chi connectivity index (χ4v) is 4.36. The standard InChI is InChI=1S/C27H24N4O2/c1-18-17-28-24-22(25(18)31-16-15-30(2)27(31)33)13-8-14-23(24)29-26(32)21-12-7-6-11-20(21)19-9-4-3-5-10-19/h3-14,17H,15-16H2,1-2H3,(H,29,32). The lowest BCUT2D eigenvalue weighted by Crippen LogP contribution is -2.30. The highest BCUT2D eigenvalue weighted by Gasteiger charge is 2.29. The Morgan fingerprint density at radius 1 is 0.939 bits per heavy atom. The molecule has 2 heterocycles. The largest absolute Gasteiger partial charge is 0.326 e. The molecule has 33 heavy (non-hydrogen) atoms. The minimum atomic E-state index is -0.206. The van der Waals surface area contributed by atoms with Gasteiger partial charge >= 0.3 is 6.03 Å². The van der Waals surface area contributed by atoms with E-state index in [0.717, 1.165) is 27.8 Å². The average Bonchev–Trinajstić information content (AvgIpc) is 3.17. The fourth-order valence-electron chi connectivity index (χ4n) is 4.36. The van der Waals surface area contributed by atoms with Crippen molar-refractivity contribution in [2.45, 2.75) is 6.92 Å². The van der Waals surface area contributed by atoms with Gasteiger partial charge in [-0.1, -0.05) is 60.7 Å². The summed E-state index contributed by atoms with van der Waals surface area (Å²) in [6.45, 7) is 3.25. The van der Waals surface area contributed by atoms with E-state index in [-0.39, 0.29) is 11.9 Å². The Morgan fingerprint density at radius 2 is 1.70 bits per heavy atom. The molecule has 5 rings (SSSR count). The number of carbonyl (C=O) groups excluding carboxylic acids is 2. The van der Waals surface area contributed by atoms with Gasteiger partial charge in [0.1, 0.15) is 0 Å². The van der Waals surface area contributed by atoms with Gasteiger partial charge in [0.05, 0.1) is 16.9 Å². The van der Waals surface area contributed by atoms with Gasteiger partial charge in [-0.2, -0.15) is 0 Å². The minimum absolute atomic E-state index is 0.0307. The lowest BCUT2D eigenvalue weighted by atomic mass is 9.99. The maximum Gasteiger partial charge on any atom is 0.324 e. The maximum atomic E-state index is 13.3. The van der Waals surface area contributed by atoms with Gasteiger partial charge in [0.15, 0.2) is 0 Å². The van der Waals surface area contributed by atoms with Crippen molar-refractivity contribution in [3.05, 3.63) is 90.1 Å². The van der Waals surface area contributed by atoms with Crippen molar-refractivity contribution >= 4 is 34.2 Å². The van der Waals surface area contributed by atoms with Gasteiger partial charge in [-0.25, -0.2) is 4.79 Å². The van der Waals surface area contributed by atoms with E-state index < -0.39 is 0 Å². The fraction of sp³-hybridized carbons (Fsp3) is 0.148. The molecule has 0 spiro atoms. The van der Waals surface area contributed by atoms with E-state index in [4.69, 9.17) is 0 Å². The molecule has 0 atom stereocenters. The number of amides is 3. The number of likely N-dealkylation sites (N-methyl/N-ethyl adjacent to an activating group) is 1. The zero-order valence-corrected chi connectivity index (χ0v) is 18.6. The van der Waals surface area contributed by atoms with Crippen LogP contribution in [-0.4, -0.2) is 42.0 Å². The molecule has 1 aliphatic heterocycles. The Kier molecular flexibility index (Phi) is 5.26. The molecule has 4 aromatic rings. The van der Waals surface area contributed by atoms with E-state index in [0.29, 0.717) is 29.9 Å². The summed E-state index contributed by atoms with van der Waals surface area (Å²) in [6.07, 6.45) is 1.76. The number of fused-ring (bicyclic) bond motifs is 1. The Bertz CT molecular complexity index is 1370. The van der Waals surface area contributed by atoms with Crippen LogP contribution in [0.1, 0.15) is 15.9 Å². The first-order valence-corrected chi connectivity index (χ1v) is 10.9. The van der Waals surface area contributed by atoms with E-state index in [9.17, 15) is 9.59 Å². The SMILES string of the molecule is Cc1cnc2c(NC(=O)c3ccccc3-c3ccccc3)cccc2c1N1CCN(C)C1=O. The molecule has 1 N–H and O–H groups in total. The van der Waals surface area contributed by atoms with Crippen LogP contribution in [0.4, 0.5) is 16.2 Å². The van der Waals surface area contributed by atoms with Crippen molar-refractivity contribution in [1.29, 1.82) is 0 Å². The molecule has 0 saturated carbocycles. The highest BCUT2D eigenvalue weighted by molar-refractivity contribution is 6.13. The first kappa shape index (κ1) is 20.7. The van der Waals surface area contributed by atoms with Crippen molar-refractivity contribution in [3.63, 3.8) is 0 Å². The normalized spacial score (nSPS) is 13.6. The highest BCUT2D eigenvalue weighted by Crippen LogP contribution is 2.35. The topological polar surface area (TPSA) is 65.5 Å². The molecule has 164 valence electrons. The summed E-state index contributed by atoms with van der Waals surface area (Å²) in [7, 11) is 1.80. The second-order valence-corrected chi connectivity index (χ2v) is 8.21. The Balaban J connectivity index is 1.55. The number of nitrogens with zero attached hydrogens (tertiary/aromatic N) is 3. The lowest BCUT2D eigenvalue weighted by Gasteiger charge is -2.21. The number of benzene rings is 3. The quantitative estimate of drug-likeness (QED) is 0.470. The van der Waals surface area contributed by atoms with Gasteiger partial charge in [0.25, 0.3) is 5.91 Å². The zero-order chi connectivity index (χ0) is 22.9. The highest BCUT2D eigenvalue weighted by atomic mass is 16.2. The number of rotatable bonds is 4. The summed E-state index contributed by atoms with van der Waals surface area (Å²) in [6, 6.07) is 23.1. The van der Waals surface area contributed by atoms with Crippen LogP contribution in [-0.2, 0) is 0 Å². The van der Waals surface area contributed by atoms with Crippen LogP contribution < -0.4 is 10.2 Å². The van der Waals surface area contributed by atoms with Crippen molar-refractivity contribution in [1.82, 2.24) is 9.88 Å². The first-order chi connectivity index (χ1) is 16.0. The van der Waals surface area contributed by atoms with Gasteiger partial charge in [-0.15, -0.1) is 0 Å². The zero-order valence-electron chi connectivity index (χ0n) is 18.6. The molecule has 0 radical (unpaired) electrons. The van der Waals surface area contributed by atoms with E-state index in [1.165, 1.54) is 0 Å². The Labute approximate surface area is 192 Å². The van der Waals surface area contributed by atoms with Crippen LogP contribution in [0.3, 0.4) is 0 Å². The number of pyridine rings is 1. The van der Waals surface area contributed by atoms with Gasteiger partial charge in [-0.05, 0) is 35.7 Å². The molecule has 0 bridgehead atoms. The average molecular weight is 437 g/mol. The summed E-state index contributed by atoms with van der Waals surface area (Å²) in [5.41, 5.74) is 5.47. The lowest BCUT2D eigenvalue weighted by molar-refractivity contribution is 0.102. The van der Waals surface area contributed by atoms with E-state index in [1.807, 2.05) is 79.7 Å². The van der Waals surface area contributed by atoms with Crippen molar-refractivity contribution in [3.8, 4) is 11.1 Å². The number of nitrogens with one attached hydrogen (secondary N) is 1. The van der Waals surface area contributed by atoms with Crippen molar-refractivity contribution in [2.75, 3.05) is 30.4 Å². The van der Waals surface area contributed by atoms with Crippen LogP contribution in [0.5, 0.6) is 0 Å². The molecule has 0 unspecified atom stereocenters. The van der Waals surface area contributed by atoms with Crippen molar-refractivity contribution in [2.24, 2.45) is 0 Å². The Morgan fingerprint density at radius 3 is 2.45 bits per heavy atom. The predicted molar refractivity (Wildman–Crippen MR) is 132 cm³/mol. The summed E-state index contributed by atoms with van der Waals surface area (Å²) in [5.74, 6) is -0.206. The van der Waals surface area contributed by atoms with Crippen LogP contribution >= 0.6 is 0 Å². The number of aryl methyl sites for hydroxylation is 1. The van der Waals surface area contributed by atoms with Gasteiger partial charge in [0.2, 0.25) is 0 Å². The van der Waals surface area contributed by atoms with Gasteiger partial charge in [0, 0.05) is 37.3 Å². The smallest absolute Gasteiger partial charge is 0.324 e. The number of hydrogen-bond donors (Lipinski definition) is 1. The van der Waals surface area contributed by atoms with E-state index in [1.54, 1.807) is 23.0 Å². The molecule has 1 saturated heterocycles. The predicted octanol–water partition coefficient (Wildman–Crippen LogP) is 5.33. The molecular weight excluding hydrogens is 412 g/mol. The summed E-state index contributed by atoms with van der Waals surface area (Å²) in [5, 5.41) is 3.89. The van der Waals surface area contributed by atoms with Crippen molar-refractivity contribution < 1.29 is 9.59 Å². The van der Waals surface area contributed by atoms with E-state index >= 15 is 0 Å². The number of hydrogen-bond acceptors (Lipinski definition) is 3. The van der Waals surface area contributed by atoms with Crippen LogP contribution in [0.15, 0.2) is 79.0 Å². The third-order valence-corrected chi connectivity index (χ3v) is 6.04. The number of anilines is 2. The molecular formula is C27H24N4O2.